The third-order valence-electron chi connectivity index (χ3n) is 7.88. The zero-order chi connectivity index (χ0) is 33.6. The van der Waals surface area contributed by atoms with Crippen molar-refractivity contribution >= 4 is 58.0 Å². The number of unbranched alkanes of at least 4 members (excludes halogenated alkanes) is 1. The molecule has 0 radical (unpaired) electrons. The second-order valence-corrected chi connectivity index (χ2v) is 13.0. The van der Waals surface area contributed by atoms with Crippen molar-refractivity contribution in [2.45, 2.75) is 52.4 Å². The van der Waals surface area contributed by atoms with Gasteiger partial charge in [-0.05, 0) is 74.2 Å². The highest BCUT2D eigenvalue weighted by molar-refractivity contribution is 6.18. The lowest BCUT2D eigenvalue weighted by atomic mass is 9.88. The van der Waals surface area contributed by atoms with Gasteiger partial charge in [0.1, 0.15) is 11.5 Å². The molecule has 258 valence electrons. The van der Waals surface area contributed by atoms with Crippen LogP contribution in [0, 0.1) is 11.8 Å². The van der Waals surface area contributed by atoms with E-state index < -0.39 is 0 Å². The molecular weight excluding hydrogens is 666 g/mol. The molecule has 0 bridgehead atoms. The van der Waals surface area contributed by atoms with Crippen molar-refractivity contribution in [1.82, 2.24) is 9.80 Å². The summed E-state index contributed by atoms with van der Waals surface area (Å²) in [6.07, 6.45) is 4.86. The van der Waals surface area contributed by atoms with Crippen LogP contribution in [0.1, 0.15) is 73.1 Å². The van der Waals surface area contributed by atoms with Crippen LogP contribution < -0.4 is 9.47 Å². The number of Topliss-reactive ketones (excluding diaryl/α,β-unsaturated/α-hetero) is 2. The smallest absolute Gasteiger partial charge is 0.167 e. The summed E-state index contributed by atoms with van der Waals surface area (Å²) < 4.78 is 11.4. The third kappa shape index (κ3) is 15.1. The molecule has 0 saturated heterocycles. The molecule has 0 N–H and O–H groups in total. The maximum Gasteiger partial charge on any atom is 0.167 e. The van der Waals surface area contributed by atoms with Crippen LogP contribution >= 0.6 is 46.4 Å². The number of ether oxygens (including phenoxy) is 2. The van der Waals surface area contributed by atoms with Gasteiger partial charge in [0.15, 0.2) is 11.6 Å². The fraction of sp³-hybridized carbons (Fsp3) is 0.611. The molecule has 0 fully saturated rings. The second-order valence-electron chi connectivity index (χ2n) is 11.5. The lowest BCUT2D eigenvalue weighted by molar-refractivity contribution is 0.0852. The monoisotopic (exact) mass is 716 g/mol. The Bertz CT molecular complexity index is 1000. The summed E-state index contributed by atoms with van der Waals surface area (Å²) in [4.78, 5) is 31.9. The molecule has 0 unspecified atom stereocenters. The Kier molecular flexibility index (Phi) is 21.7. The highest BCUT2D eigenvalue weighted by atomic mass is 35.5. The number of hydrogen-bond donors (Lipinski definition) is 0. The quantitative estimate of drug-likeness (QED) is 0.0524. The van der Waals surface area contributed by atoms with Crippen molar-refractivity contribution in [3.05, 3.63) is 59.7 Å². The summed E-state index contributed by atoms with van der Waals surface area (Å²) in [7, 11) is 0. The minimum absolute atomic E-state index is 0.101. The van der Waals surface area contributed by atoms with Crippen LogP contribution in [0.3, 0.4) is 0 Å². The van der Waals surface area contributed by atoms with Gasteiger partial charge in [0, 0.05) is 85.8 Å². The molecule has 2 atom stereocenters. The van der Waals surface area contributed by atoms with Gasteiger partial charge in [-0.25, -0.2) is 0 Å². The van der Waals surface area contributed by atoms with Crippen LogP contribution in [-0.4, -0.2) is 97.4 Å². The van der Waals surface area contributed by atoms with E-state index in [1.54, 1.807) is 0 Å². The van der Waals surface area contributed by atoms with Gasteiger partial charge in [-0.3, -0.25) is 9.59 Å². The van der Waals surface area contributed by atoms with Crippen LogP contribution in [0.4, 0.5) is 0 Å². The minimum Gasteiger partial charge on any atom is -0.494 e. The normalized spacial score (nSPS) is 12.8. The zero-order valence-corrected chi connectivity index (χ0v) is 30.6. The molecule has 2 rings (SSSR count). The van der Waals surface area contributed by atoms with E-state index >= 15 is 0 Å². The number of carbonyl (C=O) groups is 2. The first-order valence-electron chi connectivity index (χ1n) is 16.6. The lowest BCUT2D eigenvalue weighted by Gasteiger charge is -2.27. The average molecular weight is 719 g/mol. The van der Waals surface area contributed by atoms with E-state index in [1.807, 2.05) is 48.5 Å². The molecule has 0 spiro atoms. The highest BCUT2D eigenvalue weighted by Gasteiger charge is 2.25. The summed E-state index contributed by atoms with van der Waals surface area (Å²) in [6, 6.07) is 14.9. The fourth-order valence-corrected chi connectivity index (χ4v) is 6.38. The molecule has 6 nitrogen and oxygen atoms in total. The largest absolute Gasteiger partial charge is 0.494 e. The van der Waals surface area contributed by atoms with Crippen LogP contribution in [0.25, 0.3) is 0 Å². The standard InChI is InChI=1S/C36H52Cl4N2O4/c1-3-25-45-33-13-9-29(10-14-33)35(43)31(27-41(21-17-37)22-18-38)7-5-6-8-32(28-42(23-19-39)24-20-40)36(44)30-11-15-34(16-12-30)46-26-4-2/h9-16,31-32H,3-8,17-28H2,1-2H3/t31-,32+. The van der Waals surface area contributed by atoms with Gasteiger partial charge in [0.2, 0.25) is 0 Å². The Morgan fingerprint density at radius 3 is 1.20 bits per heavy atom. The van der Waals surface area contributed by atoms with E-state index in [0.29, 0.717) is 100.0 Å². The number of carbonyl (C=O) groups excluding carboxylic acids is 2. The van der Waals surface area contributed by atoms with Gasteiger partial charge in [-0.15, -0.1) is 46.4 Å². The Labute approximate surface area is 297 Å². The average Bonchev–Trinajstić information content (AvgIpc) is 3.07. The number of nitrogens with zero attached hydrogens (tertiary/aromatic N) is 2. The molecule has 2 aromatic rings. The molecule has 0 amide bonds. The molecule has 10 heteroatoms. The van der Waals surface area contributed by atoms with Crippen molar-refractivity contribution in [2.75, 3.05) is 76.0 Å². The van der Waals surface area contributed by atoms with Gasteiger partial charge < -0.3 is 19.3 Å². The Morgan fingerprint density at radius 2 is 0.913 bits per heavy atom. The van der Waals surface area contributed by atoms with Gasteiger partial charge in [0.25, 0.3) is 0 Å². The number of hydrogen-bond acceptors (Lipinski definition) is 6. The number of ketones is 2. The highest BCUT2D eigenvalue weighted by Crippen LogP contribution is 2.24. The predicted octanol–water partition coefficient (Wildman–Crippen LogP) is 8.68. The molecular formula is C36H52Cl4N2O4. The number of benzene rings is 2. The van der Waals surface area contributed by atoms with E-state index in [0.717, 1.165) is 37.2 Å². The number of rotatable bonds is 27. The van der Waals surface area contributed by atoms with E-state index in [-0.39, 0.29) is 23.4 Å². The summed E-state index contributed by atoms with van der Waals surface area (Å²) in [5.41, 5.74) is 1.34. The van der Waals surface area contributed by atoms with Crippen molar-refractivity contribution in [1.29, 1.82) is 0 Å². The summed E-state index contributed by atoms with van der Waals surface area (Å²) >= 11 is 24.3. The maximum absolute atomic E-state index is 13.8. The minimum atomic E-state index is -0.220. The molecule has 0 saturated carbocycles. The predicted molar refractivity (Wildman–Crippen MR) is 194 cm³/mol. The van der Waals surface area contributed by atoms with Crippen LogP contribution in [0.15, 0.2) is 48.5 Å². The van der Waals surface area contributed by atoms with Crippen molar-refractivity contribution in [2.24, 2.45) is 11.8 Å². The van der Waals surface area contributed by atoms with Crippen molar-refractivity contribution < 1.29 is 19.1 Å². The number of alkyl halides is 4. The van der Waals surface area contributed by atoms with E-state index in [1.165, 1.54) is 0 Å². The van der Waals surface area contributed by atoms with Gasteiger partial charge in [0.05, 0.1) is 13.2 Å². The molecule has 2 aromatic carbocycles. The first kappa shape index (κ1) is 40.6. The zero-order valence-electron chi connectivity index (χ0n) is 27.5. The van der Waals surface area contributed by atoms with Crippen molar-refractivity contribution in [3.8, 4) is 11.5 Å². The molecule has 0 aliphatic rings. The molecule has 0 aliphatic carbocycles. The van der Waals surface area contributed by atoms with E-state index in [9.17, 15) is 9.59 Å². The van der Waals surface area contributed by atoms with E-state index in [2.05, 4.69) is 23.6 Å². The van der Waals surface area contributed by atoms with Gasteiger partial charge >= 0.3 is 0 Å². The Balaban J connectivity index is 2.17. The molecule has 0 heterocycles. The van der Waals surface area contributed by atoms with Gasteiger partial charge in [-0.2, -0.15) is 0 Å². The molecule has 0 aliphatic heterocycles. The second kappa shape index (κ2) is 24.6. The summed E-state index contributed by atoms with van der Waals surface area (Å²) in [6.45, 7) is 9.22. The Morgan fingerprint density at radius 1 is 0.587 bits per heavy atom. The first-order chi connectivity index (χ1) is 22.4. The summed E-state index contributed by atoms with van der Waals surface area (Å²) in [5.74, 6) is 3.17. The summed E-state index contributed by atoms with van der Waals surface area (Å²) in [5, 5.41) is 0. The van der Waals surface area contributed by atoms with Gasteiger partial charge in [-0.1, -0.05) is 26.7 Å². The fourth-order valence-electron chi connectivity index (χ4n) is 5.42. The van der Waals surface area contributed by atoms with Crippen LogP contribution in [0.2, 0.25) is 0 Å². The van der Waals surface area contributed by atoms with Crippen LogP contribution in [-0.2, 0) is 0 Å². The molecule has 0 aromatic heterocycles. The third-order valence-corrected chi connectivity index (χ3v) is 8.56. The maximum atomic E-state index is 13.8. The number of halogens is 4. The van der Waals surface area contributed by atoms with Crippen molar-refractivity contribution in [3.63, 3.8) is 0 Å². The Hall–Kier alpha value is -1.54. The first-order valence-corrected chi connectivity index (χ1v) is 18.8. The lowest BCUT2D eigenvalue weighted by Crippen LogP contribution is -2.36. The molecule has 46 heavy (non-hydrogen) atoms. The SMILES string of the molecule is CCCOc1ccc(C(=O)[C@H](CCCC[C@@H](CN(CCCl)CCCl)C(=O)c2ccc(OCCC)cc2)CN(CCCl)CCCl)cc1. The van der Waals surface area contributed by atoms with E-state index in [4.69, 9.17) is 55.9 Å². The van der Waals surface area contributed by atoms with Crippen LogP contribution in [0.5, 0.6) is 11.5 Å². The topological polar surface area (TPSA) is 59.1 Å².